The number of rotatable bonds is 5. The number of aryl methyl sites for hydroxylation is 1. The van der Waals surface area contributed by atoms with E-state index in [1.54, 1.807) is 0 Å². The molecule has 0 aliphatic heterocycles. The van der Waals surface area contributed by atoms with Crippen LogP contribution in [0.5, 0.6) is 0 Å². The van der Waals surface area contributed by atoms with Gasteiger partial charge in [0.25, 0.3) is 0 Å². The molecule has 0 bridgehead atoms. The van der Waals surface area contributed by atoms with Crippen molar-refractivity contribution in [3.63, 3.8) is 0 Å². The Morgan fingerprint density at radius 3 is 2.38 bits per heavy atom. The molecule has 2 aromatic carbocycles. The van der Waals surface area contributed by atoms with Crippen LogP contribution in [-0.4, -0.2) is 6.54 Å². The number of benzene rings is 2. The lowest BCUT2D eigenvalue weighted by molar-refractivity contribution is 0.503. The van der Waals surface area contributed by atoms with E-state index >= 15 is 0 Å². The van der Waals surface area contributed by atoms with Crippen LogP contribution in [0.3, 0.4) is 0 Å². The van der Waals surface area contributed by atoms with E-state index in [4.69, 9.17) is 0 Å². The summed E-state index contributed by atoms with van der Waals surface area (Å²) in [6.07, 6.45) is 0.891. The third-order valence-electron chi connectivity index (χ3n) is 3.40. The average Bonchev–Trinajstić information content (AvgIpc) is 2.45. The summed E-state index contributed by atoms with van der Waals surface area (Å²) in [5.74, 6) is -1.05. The predicted octanol–water partition coefficient (Wildman–Crippen LogP) is 5.12. The highest BCUT2D eigenvalue weighted by Gasteiger charge is 2.21. The molecule has 1 nitrogen and oxygen atoms in total. The van der Waals surface area contributed by atoms with Crippen LogP contribution in [-0.2, 0) is 0 Å². The molecule has 1 atom stereocenters. The molecule has 112 valence electrons. The minimum atomic E-state index is -0.524. The molecular formula is C17H18BrF2N. The van der Waals surface area contributed by atoms with Gasteiger partial charge in [0.2, 0.25) is 0 Å². The standard InChI is InChI=1S/C17H18BrF2N/c1-3-9-21-17(12-7-8-13(18)11(2)10-12)16-14(19)5-4-6-15(16)20/h4-8,10,17,21H,3,9H2,1-2H3. The quantitative estimate of drug-likeness (QED) is 0.785. The smallest absolute Gasteiger partial charge is 0.131 e. The maximum Gasteiger partial charge on any atom is 0.131 e. The van der Waals surface area contributed by atoms with Gasteiger partial charge in [-0.15, -0.1) is 0 Å². The lowest BCUT2D eigenvalue weighted by Crippen LogP contribution is -2.25. The Hall–Kier alpha value is -1.26. The lowest BCUT2D eigenvalue weighted by atomic mass is 9.96. The van der Waals surface area contributed by atoms with Gasteiger partial charge in [0.05, 0.1) is 6.04 Å². The van der Waals surface area contributed by atoms with Crippen LogP contribution >= 0.6 is 15.9 Å². The van der Waals surface area contributed by atoms with Gasteiger partial charge in [-0.05, 0) is 49.2 Å². The van der Waals surface area contributed by atoms with E-state index in [9.17, 15) is 8.78 Å². The van der Waals surface area contributed by atoms with Gasteiger partial charge in [-0.3, -0.25) is 0 Å². The maximum atomic E-state index is 14.1. The molecule has 0 amide bonds. The first-order chi connectivity index (χ1) is 10.0. The monoisotopic (exact) mass is 353 g/mol. The average molecular weight is 354 g/mol. The van der Waals surface area contributed by atoms with Gasteiger partial charge in [-0.2, -0.15) is 0 Å². The maximum absolute atomic E-state index is 14.1. The van der Waals surface area contributed by atoms with E-state index in [1.807, 2.05) is 32.0 Å². The van der Waals surface area contributed by atoms with E-state index in [2.05, 4.69) is 21.2 Å². The summed E-state index contributed by atoms with van der Waals surface area (Å²) >= 11 is 3.45. The van der Waals surface area contributed by atoms with E-state index in [0.717, 1.165) is 22.0 Å². The molecule has 0 fully saturated rings. The van der Waals surface area contributed by atoms with E-state index in [-0.39, 0.29) is 5.56 Å². The second-order valence-corrected chi connectivity index (χ2v) is 5.89. The zero-order valence-electron chi connectivity index (χ0n) is 12.1. The summed E-state index contributed by atoms with van der Waals surface area (Å²) in [5.41, 5.74) is 1.97. The number of nitrogens with one attached hydrogen (secondary N) is 1. The fourth-order valence-corrected chi connectivity index (χ4v) is 2.56. The van der Waals surface area contributed by atoms with Crippen molar-refractivity contribution in [1.29, 1.82) is 0 Å². The summed E-state index contributed by atoms with van der Waals surface area (Å²) in [5, 5.41) is 3.24. The Morgan fingerprint density at radius 1 is 1.14 bits per heavy atom. The fraction of sp³-hybridized carbons (Fsp3) is 0.294. The van der Waals surface area contributed by atoms with Crippen molar-refractivity contribution in [1.82, 2.24) is 5.32 Å². The first kappa shape index (κ1) is 16.1. The summed E-state index contributed by atoms with van der Waals surface area (Å²) in [4.78, 5) is 0. The van der Waals surface area contributed by atoms with Crippen LogP contribution in [0.1, 0.15) is 36.1 Å². The molecule has 0 aliphatic rings. The van der Waals surface area contributed by atoms with Crippen molar-refractivity contribution in [3.05, 3.63) is 69.2 Å². The summed E-state index contributed by atoms with van der Waals surface area (Å²) in [6.45, 7) is 4.67. The Kier molecular flexibility index (Phi) is 5.48. The van der Waals surface area contributed by atoms with Crippen LogP contribution in [0.25, 0.3) is 0 Å². The molecule has 0 aromatic heterocycles. The molecule has 2 aromatic rings. The van der Waals surface area contributed by atoms with Gasteiger partial charge in [0.15, 0.2) is 0 Å². The van der Waals surface area contributed by atoms with Gasteiger partial charge in [0.1, 0.15) is 11.6 Å². The van der Waals surface area contributed by atoms with E-state index in [1.165, 1.54) is 18.2 Å². The van der Waals surface area contributed by atoms with Crippen molar-refractivity contribution in [3.8, 4) is 0 Å². The number of hydrogen-bond donors (Lipinski definition) is 1. The molecule has 1 unspecified atom stereocenters. The molecule has 0 saturated carbocycles. The van der Waals surface area contributed by atoms with Crippen molar-refractivity contribution < 1.29 is 8.78 Å². The van der Waals surface area contributed by atoms with Gasteiger partial charge >= 0.3 is 0 Å². The minimum absolute atomic E-state index is 0.0765. The van der Waals surface area contributed by atoms with E-state index in [0.29, 0.717) is 6.54 Å². The molecule has 0 aliphatic carbocycles. The summed E-state index contributed by atoms with van der Waals surface area (Å²) < 4.78 is 29.2. The largest absolute Gasteiger partial charge is 0.306 e. The Balaban J connectivity index is 2.49. The van der Waals surface area contributed by atoms with Gasteiger partial charge in [0, 0.05) is 10.0 Å². The molecule has 0 heterocycles. The van der Waals surface area contributed by atoms with Crippen LogP contribution in [0.15, 0.2) is 40.9 Å². The lowest BCUT2D eigenvalue weighted by Gasteiger charge is -2.21. The Bertz CT molecular complexity index is 608. The third-order valence-corrected chi connectivity index (χ3v) is 4.29. The van der Waals surface area contributed by atoms with Gasteiger partial charge in [-0.1, -0.05) is 41.1 Å². The topological polar surface area (TPSA) is 12.0 Å². The highest BCUT2D eigenvalue weighted by atomic mass is 79.9. The van der Waals surface area contributed by atoms with Crippen molar-refractivity contribution >= 4 is 15.9 Å². The highest BCUT2D eigenvalue weighted by Crippen LogP contribution is 2.29. The van der Waals surface area contributed by atoms with Crippen molar-refractivity contribution in [2.24, 2.45) is 0 Å². The van der Waals surface area contributed by atoms with Crippen LogP contribution in [0.4, 0.5) is 8.78 Å². The summed E-state index contributed by atoms with van der Waals surface area (Å²) in [7, 11) is 0. The first-order valence-corrected chi connectivity index (χ1v) is 7.77. The van der Waals surface area contributed by atoms with Gasteiger partial charge < -0.3 is 5.32 Å². The molecule has 2 rings (SSSR count). The van der Waals surface area contributed by atoms with Crippen LogP contribution in [0.2, 0.25) is 0 Å². The third kappa shape index (κ3) is 3.69. The fourth-order valence-electron chi connectivity index (χ4n) is 2.31. The van der Waals surface area contributed by atoms with Crippen molar-refractivity contribution in [2.75, 3.05) is 6.54 Å². The Morgan fingerprint density at radius 2 is 1.81 bits per heavy atom. The SMILES string of the molecule is CCCNC(c1ccc(Br)c(C)c1)c1c(F)cccc1F. The first-order valence-electron chi connectivity index (χ1n) is 6.98. The van der Waals surface area contributed by atoms with Crippen LogP contribution in [0, 0.1) is 18.6 Å². The van der Waals surface area contributed by atoms with Crippen LogP contribution < -0.4 is 5.32 Å². The molecule has 1 N–H and O–H groups in total. The predicted molar refractivity (Wildman–Crippen MR) is 85.4 cm³/mol. The molecular weight excluding hydrogens is 336 g/mol. The van der Waals surface area contributed by atoms with Gasteiger partial charge in [-0.25, -0.2) is 8.78 Å². The second-order valence-electron chi connectivity index (χ2n) is 5.03. The molecule has 4 heteroatoms. The minimum Gasteiger partial charge on any atom is -0.306 e. The molecule has 0 radical (unpaired) electrons. The normalized spacial score (nSPS) is 12.4. The molecule has 21 heavy (non-hydrogen) atoms. The number of hydrogen-bond acceptors (Lipinski definition) is 1. The zero-order valence-corrected chi connectivity index (χ0v) is 13.7. The van der Waals surface area contributed by atoms with E-state index < -0.39 is 17.7 Å². The zero-order chi connectivity index (χ0) is 15.4. The molecule has 0 spiro atoms. The van der Waals surface area contributed by atoms with Crippen molar-refractivity contribution in [2.45, 2.75) is 26.3 Å². The number of halogens is 3. The second kappa shape index (κ2) is 7.14. The highest BCUT2D eigenvalue weighted by molar-refractivity contribution is 9.10. The Labute approximate surface area is 132 Å². The summed E-state index contributed by atoms with van der Waals surface area (Å²) in [6, 6.07) is 9.23. The molecule has 0 saturated heterocycles.